The van der Waals surface area contributed by atoms with Gasteiger partial charge in [0.25, 0.3) is 0 Å². The molecule has 0 amide bonds. The van der Waals surface area contributed by atoms with E-state index < -0.39 is 0 Å². The van der Waals surface area contributed by atoms with E-state index in [1.54, 1.807) is 0 Å². The van der Waals surface area contributed by atoms with Crippen LogP contribution < -0.4 is 5.32 Å². The predicted molar refractivity (Wildman–Crippen MR) is 86.4 cm³/mol. The molecule has 2 heteroatoms. The number of halogens is 1. The molecule has 4 unspecified atom stereocenters. The highest BCUT2D eigenvalue weighted by atomic mass is 79.9. The van der Waals surface area contributed by atoms with Crippen molar-refractivity contribution in [1.82, 2.24) is 5.32 Å². The molecule has 1 fully saturated rings. The molecule has 1 aromatic carbocycles. The van der Waals surface area contributed by atoms with Crippen LogP contribution in [-0.4, -0.2) is 13.1 Å². The summed E-state index contributed by atoms with van der Waals surface area (Å²) in [6.07, 6.45) is 5.29. The van der Waals surface area contributed by atoms with Crippen LogP contribution in [0.2, 0.25) is 0 Å². The minimum Gasteiger partial charge on any atom is -0.316 e. The highest BCUT2D eigenvalue weighted by Gasteiger charge is 2.29. The number of hydrogen-bond donors (Lipinski definition) is 1. The minimum absolute atomic E-state index is 0.615. The monoisotopic (exact) mass is 323 g/mol. The topological polar surface area (TPSA) is 12.0 Å². The second kappa shape index (κ2) is 6.90. The van der Waals surface area contributed by atoms with Gasteiger partial charge in [-0.1, -0.05) is 48.3 Å². The largest absolute Gasteiger partial charge is 0.316 e. The van der Waals surface area contributed by atoms with Crippen LogP contribution in [0.1, 0.15) is 38.7 Å². The van der Waals surface area contributed by atoms with Crippen LogP contribution >= 0.6 is 15.9 Å². The van der Waals surface area contributed by atoms with Crippen LogP contribution in [-0.2, 0) is 6.42 Å². The minimum atomic E-state index is 0.615. The number of nitrogens with one attached hydrogen (secondary N) is 1. The molecule has 0 aliphatic heterocycles. The van der Waals surface area contributed by atoms with Crippen molar-refractivity contribution in [3.63, 3.8) is 0 Å². The number of rotatable bonds is 4. The molecule has 1 saturated carbocycles. The first-order chi connectivity index (χ1) is 9.10. The summed E-state index contributed by atoms with van der Waals surface area (Å²) in [6, 6.07) is 9.34. The molecule has 19 heavy (non-hydrogen) atoms. The van der Waals surface area contributed by atoms with E-state index in [1.165, 1.54) is 29.3 Å². The van der Waals surface area contributed by atoms with Gasteiger partial charge in [0.1, 0.15) is 0 Å². The van der Waals surface area contributed by atoms with Crippen molar-refractivity contribution in [2.75, 3.05) is 7.05 Å². The Morgan fingerprint density at radius 1 is 1.26 bits per heavy atom. The third-order valence-corrected chi connectivity index (χ3v) is 5.42. The molecule has 0 bridgehead atoms. The Balaban J connectivity index is 2.00. The summed E-state index contributed by atoms with van der Waals surface area (Å²) in [7, 11) is 2.12. The van der Waals surface area contributed by atoms with E-state index in [4.69, 9.17) is 0 Å². The van der Waals surface area contributed by atoms with Crippen LogP contribution in [0.15, 0.2) is 28.7 Å². The van der Waals surface area contributed by atoms with Crippen molar-refractivity contribution in [3.05, 3.63) is 34.3 Å². The van der Waals surface area contributed by atoms with E-state index >= 15 is 0 Å². The molecule has 0 heterocycles. The number of likely N-dealkylation sites (N-methyl/N-ethyl adjacent to an activating group) is 1. The molecule has 0 spiro atoms. The van der Waals surface area contributed by atoms with Crippen molar-refractivity contribution in [2.24, 2.45) is 17.8 Å². The first kappa shape index (κ1) is 15.1. The van der Waals surface area contributed by atoms with Gasteiger partial charge in [-0.05, 0) is 61.8 Å². The van der Waals surface area contributed by atoms with Gasteiger partial charge in [-0.15, -0.1) is 0 Å². The number of hydrogen-bond acceptors (Lipinski definition) is 1. The zero-order valence-electron chi connectivity index (χ0n) is 12.3. The van der Waals surface area contributed by atoms with Gasteiger partial charge in [0.2, 0.25) is 0 Å². The summed E-state index contributed by atoms with van der Waals surface area (Å²) >= 11 is 3.57. The maximum absolute atomic E-state index is 3.57. The summed E-state index contributed by atoms with van der Waals surface area (Å²) in [5.41, 5.74) is 1.43. The quantitative estimate of drug-likeness (QED) is 0.850. The lowest BCUT2D eigenvalue weighted by molar-refractivity contribution is 0.173. The van der Waals surface area contributed by atoms with Gasteiger partial charge in [0.15, 0.2) is 0 Å². The number of benzene rings is 1. The van der Waals surface area contributed by atoms with Crippen LogP contribution in [0.5, 0.6) is 0 Å². The van der Waals surface area contributed by atoms with Gasteiger partial charge < -0.3 is 5.32 Å². The summed E-state index contributed by atoms with van der Waals surface area (Å²) in [4.78, 5) is 0. The summed E-state index contributed by atoms with van der Waals surface area (Å²) in [6.45, 7) is 4.83. The second-order valence-corrected chi connectivity index (χ2v) is 7.17. The Labute approximate surface area is 126 Å². The smallest absolute Gasteiger partial charge is 0.0178 e. The Kier molecular flexibility index (Phi) is 5.47. The fourth-order valence-corrected chi connectivity index (χ4v) is 3.82. The molecule has 1 aliphatic rings. The second-order valence-electron chi connectivity index (χ2n) is 6.26. The fourth-order valence-electron chi connectivity index (χ4n) is 3.38. The van der Waals surface area contributed by atoms with Gasteiger partial charge in [0.05, 0.1) is 0 Å². The van der Waals surface area contributed by atoms with Crippen LogP contribution in [0.4, 0.5) is 0 Å². The summed E-state index contributed by atoms with van der Waals surface area (Å²) in [5, 5.41) is 3.56. The molecule has 1 aliphatic carbocycles. The van der Waals surface area contributed by atoms with Crippen molar-refractivity contribution < 1.29 is 0 Å². The van der Waals surface area contributed by atoms with Crippen LogP contribution in [0, 0.1) is 17.8 Å². The average molecular weight is 324 g/mol. The molecule has 1 N–H and O–H groups in total. The van der Waals surface area contributed by atoms with Gasteiger partial charge in [-0.3, -0.25) is 0 Å². The first-order valence-corrected chi connectivity index (χ1v) is 8.31. The van der Waals surface area contributed by atoms with Gasteiger partial charge in [-0.2, -0.15) is 0 Å². The Hall–Kier alpha value is -0.340. The molecule has 106 valence electrons. The average Bonchev–Trinajstić information content (AvgIpc) is 2.39. The van der Waals surface area contributed by atoms with E-state index in [0.717, 1.165) is 24.2 Å². The van der Waals surface area contributed by atoms with Crippen LogP contribution in [0.3, 0.4) is 0 Å². The van der Waals surface area contributed by atoms with Crippen molar-refractivity contribution in [2.45, 2.75) is 45.6 Å². The van der Waals surface area contributed by atoms with E-state index in [-0.39, 0.29) is 0 Å². The summed E-state index contributed by atoms with van der Waals surface area (Å²) in [5.74, 6) is 2.60. The van der Waals surface area contributed by atoms with Gasteiger partial charge in [0, 0.05) is 10.5 Å². The highest BCUT2D eigenvalue weighted by molar-refractivity contribution is 9.10. The van der Waals surface area contributed by atoms with E-state index in [0.29, 0.717) is 6.04 Å². The molecule has 0 aromatic heterocycles. The standard InChI is InChI=1S/C17H26BrN/c1-12-7-8-15(9-13(12)2)17(19-3)11-14-5-4-6-16(18)10-14/h4-6,10,12-13,15,17,19H,7-9,11H2,1-3H3. The molecule has 1 nitrogen and oxygen atoms in total. The van der Waals surface area contributed by atoms with E-state index in [1.807, 2.05) is 0 Å². The Morgan fingerprint density at radius 2 is 2.05 bits per heavy atom. The van der Waals surface area contributed by atoms with Crippen molar-refractivity contribution in [1.29, 1.82) is 0 Å². The molecule has 4 atom stereocenters. The fraction of sp³-hybridized carbons (Fsp3) is 0.647. The molecule has 1 aromatic rings. The SMILES string of the molecule is CNC(Cc1cccc(Br)c1)C1CCC(C)C(C)C1. The molecule has 2 rings (SSSR count). The van der Waals surface area contributed by atoms with E-state index in [2.05, 4.69) is 66.4 Å². The third kappa shape index (κ3) is 4.06. The highest BCUT2D eigenvalue weighted by Crippen LogP contribution is 2.35. The van der Waals surface area contributed by atoms with Gasteiger partial charge >= 0.3 is 0 Å². The first-order valence-electron chi connectivity index (χ1n) is 7.52. The lowest BCUT2D eigenvalue weighted by Gasteiger charge is -2.36. The van der Waals surface area contributed by atoms with Crippen molar-refractivity contribution >= 4 is 15.9 Å². The van der Waals surface area contributed by atoms with Crippen LogP contribution in [0.25, 0.3) is 0 Å². The summed E-state index contributed by atoms with van der Waals surface area (Å²) < 4.78 is 1.19. The predicted octanol–water partition coefficient (Wildman–Crippen LogP) is 4.65. The molecule has 0 radical (unpaired) electrons. The Bertz CT molecular complexity index is 404. The third-order valence-electron chi connectivity index (χ3n) is 4.92. The molecule has 0 saturated heterocycles. The Morgan fingerprint density at radius 3 is 2.68 bits per heavy atom. The maximum atomic E-state index is 3.57. The van der Waals surface area contributed by atoms with Crippen molar-refractivity contribution in [3.8, 4) is 0 Å². The zero-order chi connectivity index (χ0) is 13.8. The molecular formula is C17H26BrN. The maximum Gasteiger partial charge on any atom is 0.0178 e. The lowest BCUT2D eigenvalue weighted by Crippen LogP contribution is -2.39. The van der Waals surface area contributed by atoms with Gasteiger partial charge in [-0.25, -0.2) is 0 Å². The lowest BCUT2D eigenvalue weighted by atomic mass is 9.72. The zero-order valence-corrected chi connectivity index (χ0v) is 13.9. The van der Waals surface area contributed by atoms with E-state index in [9.17, 15) is 0 Å². The normalized spacial score (nSPS) is 29.2. The molecular weight excluding hydrogens is 298 g/mol.